The van der Waals surface area contributed by atoms with Gasteiger partial charge in [0.15, 0.2) is 0 Å². The van der Waals surface area contributed by atoms with Gasteiger partial charge in [-0.15, -0.1) is 0 Å². The number of primary amides is 1. The zero-order valence-corrected chi connectivity index (χ0v) is 9.52. The van der Waals surface area contributed by atoms with Crippen LogP contribution in [-0.4, -0.2) is 16.8 Å². The molecular weight excluding hydrogens is 242 g/mol. The van der Waals surface area contributed by atoms with Crippen LogP contribution in [0.1, 0.15) is 0 Å². The van der Waals surface area contributed by atoms with E-state index >= 15 is 0 Å². The first-order valence-corrected chi connectivity index (χ1v) is 5.73. The fraction of sp³-hybridized carbons (Fsp3) is 0.100. The van der Waals surface area contributed by atoms with Crippen LogP contribution in [0.4, 0.5) is 0 Å². The Morgan fingerprint density at radius 2 is 2.18 bits per heavy atom. The number of aromatic nitrogens is 2. The Kier molecular flexibility index (Phi) is 3.29. The fourth-order valence-corrected chi connectivity index (χ4v) is 1.99. The van der Waals surface area contributed by atoms with Crippen LogP contribution in [0.3, 0.4) is 0 Å². The van der Waals surface area contributed by atoms with Gasteiger partial charge in [-0.25, -0.2) is 0 Å². The molecule has 0 aliphatic carbocycles. The Labute approximate surface area is 101 Å². The van der Waals surface area contributed by atoms with E-state index in [1.165, 1.54) is 0 Å². The summed E-state index contributed by atoms with van der Waals surface area (Å²) in [6.07, 6.45) is 0. The normalized spacial score (nSPS) is 10.4. The van der Waals surface area contributed by atoms with Gasteiger partial charge in [0.25, 0.3) is 5.03 Å². The quantitative estimate of drug-likeness (QED) is 0.632. The average Bonchev–Trinajstić information content (AvgIpc) is 2.69. The number of hydrogen-bond donors (Lipinski definition) is 1. The van der Waals surface area contributed by atoms with Crippen LogP contribution in [0.15, 0.2) is 40.0 Å². The highest BCUT2D eigenvalue weighted by atomic mass is 32.2. The molecule has 88 valence electrons. The monoisotopic (exact) mass is 251 g/mol. The molecule has 1 aromatic carbocycles. The van der Waals surface area contributed by atoms with Crippen molar-refractivity contribution in [3.05, 3.63) is 35.5 Å². The van der Waals surface area contributed by atoms with Gasteiger partial charge < -0.3 is 10.9 Å². The number of amides is 1. The van der Waals surface area contributed by atoms with Crippen molar-refractivity contribution in [1.29, 1.82) is 0 Å². The Morgan fingerprint density at radius 3 is 2.82 bits per heavy atom. The molecule has 2 aromatic rings. The molecule has 0 radical (unpaired) electrons. The van der Waals surface area contributed by atoms with Gasteiger partial charge in [-0.2, -0.15) is 0 Å². The smallest absolute Gasteiger partial charge is 0.283 e. The van der Waals surface area contributed by atoms with E-state index in [9.17, 15) is 10.0 Å². The zero-order valence-electron chi connectivity index (χ0n) is 8.70. The molecule has 2 N–H and O–H groups in total. The molecule has 0 atom stereocenters. The third-order valence-corrected chi connectivity index (χ3v) is 2.95. The Bertz CT molecular complexity index is 527. The minimum absolute atomic E-state index is 0.0480. The van der Waals surface area contributed by atoms with Crippen LogP contribution in [-0.2, 0) is 4.79 Å². The molecule has 2 rings (SSSR count). The van der Waals surface area contributed by atoms with Gasteiger partial charge in [0.05, 0.1) is 10.9 Å². The highest BCUT2D eigenvalue weighted by Crippen LogP contribution is 2.26. The highest BCUT2D eigenvalue weighted by Gasteiger charge is 2.21. The lowest BCUT2D eigenvalue weighted by Gasteiger charge is -1.97. The van der Waals surface area contributed by atoms with Crippen molar-refractivity contribution in [1.82, 2.24) is 5.16 Å². The summed E-state index contributed by atoms with van der Waals surface area (Å²) < 4.78 is 4.52. The second-order valence-electron chi connectivity index (χ2n) is 3.20. The van der Waals surface area contributed by atoms with Crippen LogP contribution in [0, 0.1) is 5.21 Å². The summed E-state index contributed by atoms with van der Waals surface area (Å²) >= 11 is 1.07. The van der Waals surface area contributed by atoms with Crippen molar-refractivity contribution >= 4 is 17.7 Å². The second kappa shape index (κ2) is 4.88. The maximum atomic E-state index is 11.4. The van der Waals surface area contributed by atoms with Crippen molar-refractivity contribution in [2.24, 2.45) is 5.73 Å². The minimum atomic E-state index is -0.477. The maximum absolute atomic E-state index is 11.4. The number of carbonyl (C=O) groups is 1. The summed E-state index contributed by atoms with van der Waals surface area (Å²) in [5.41, 5.74) is 6.00. The van der Waals surface area contributed by atoms with Crippen LogP contribution in [0.2, 0.25) is 0 Å². The molecule has 0 saturated carbocycles. The Hall–Kier alpha value is -2.02. The SMILES string of the molecule is NC(=O)CSc1no[n+]([O-])c1-c1ccccc1. The van der Waals surface area contributed by atoms with Crippen LogP contribution >= 0.6 is 11.8 Å². The van der Waals surface area contributed by atoms with Crippen molar-refractivity contribution in [3.8, 4) is 11.3 Å². The lowest BCUT2D eigenvalue weighted by atomic mass is 10.2. The fourth-order valence-electron chi connectivity index (χ4n) is 1.30. The first-order chi connectivity index (χ1) is 8.18. The molecular formula is C10H9N3O3S. The summed E-state index contributed by atoms with van der Waals surface area (Å²) in [6.45, 7) is 0. The number of benzene rings is 1. The molecule has 0 spiro atoms. The molecule has 1 heterocycles. The molecule has 0 bridgehead atoms. The van der Waals surface area contributed by atoms with Gasteiger partial charge in [0, 0.05) is 5.56 Å². The molecule has 1 amide bonds. The van der Waals surface area contributed by atoms with E-state index in [0.717, 1.165) is 11.8 Å². The summed E-state index contributed by atoms with van der Waals surface area (Å²) in [6, 6.07) is 8.95. The third kappa shape index (κ3) is 2.56. The van der Waals surface area contributed by atoms with Crippen molar-refractivity contribution < 1.29 is 14.3 Å². The second-order valence-corrected chi connectivity index (χ2v) is 4.17. The van der Waals surface area contributed by atoms with Gasteiger partial charge in [0.2, 0.25) is 11.6 Å². The summed E-state index contributed by atoms with van der Waals surface area (Å²) in [4.78, 5) is 11.0. The number of carbonyl (C=O) groups excluding carboxylic acids is 1. The first kappa shape index (κ1) is 11.5. The van der Waals surface area contributed by atoms with E-state index in [-0.39, 0.29) is 11.4 Å². The number of hydrogen-bond acceptors (Lipinski definition) is 5. The van der Waals surface area contributed by atoms with Crippen molar-refractivity contribution in [2.45, 2.75) is 5.03 Å². The van der Waals surface area contributed by atoms with Gasteiger partial charge >= 0.3 is 0 Å². The molecule has 0 unspecified atom stereocenters. The van der Waals surface area contributed by atoms with Gasteiger partial charge in [-0.05, 0) is 4.90 Å². The molecule has 6 nitrogen and oxygen atoms in total. The van der Waals surface area contributed by atoms with Crippen LogP contribution < -0.4 is 10.6 Å². The van der Waals surface area contributed by atoms with E-state index in [0.29, 0.717) is 15.5 Å². The van der Waals surface area contributed by atoms with Gasteiger partial charge in [-0.3, -0.25) is 9.42 Å². The predicted octanol–water partition coefficient (Wildman–Crippen LogP) is 0.552. The number of nitrogens with two attached hydrogens (primary N) is 1. The molecule has 0 aliphatic rings. The van der Waals surface area contributed by atoms with E-state index in [4.69, 9.17) is 5.73 Å². The van der Waals surface area contributed by atoms with Crippen LogP contribution in [0.5, 0.6) is 0 Å². The third-order valence-electron chi connectivity index (χ3n) is 1.98. The summed E-state index contributed by atoms with van der Waals surface area (Å²) in [5, 5.41) is 15.4. The average molecular weight is 251 g/mol. The van der Waals surface area contributed by atoms with Crippen molar-refractivity contribution in [2.75, 3.05) is 5.75 Å². The molecule has 17 heavy (non-hydrogen) atoms. The van der Waals surface area contributed by atoms with Crippen molar-refractivity contribution in [3.63, 3.8) is 0 Å². The Balaban J connectivity index is 2.33. The predicted molar refractivity (Wildman–Crippen MR) is 60.8 cm³/mol. The molecule has 1 aromatic heterocycles. The number of thioether (sulfide) groups is 1. The standard InChI is InChI=1S/C10H9N3O3S/c11-8(14)6-17-10-9(13(15)16-12-10)7-4-2-1-3-5-7/h1-5H,6H2,(H2,11,14). The Morgan fingerprint density at radius 1 is 1.47 bits per heavy atom. The topological polar surface area (TPSA) is 96.1 Å². The largest absolute Gasteiger partial charge is 0.369 e. The summed E-state index contributed by atoms with van der Waals surface area (Å²) in [7, 11) is 0. The van der Waals surface area contributed by atoms with E-state index in [2.05, 4.69) is 9.79 Å². The van der Waals surface area contributed by atoms with Gasteiger partial charge in [-0.1, -0.05) is 42.1 Å². The lowest BCUT2D eigenvalue weighted by Crippen LogP contribution is -2.25. The molecule has 0 saturated heterocycles. The van der Waals surface area contributed by atoms with E-state index < -0.39 is 5.91 Å². The zero-order chi connectivity index (χ0) is 12.3. The highest BCUT2D eigenvalue weighted by molar-refractivity contribution is 8.00. The summed E-state index contributed by atoms with van der Waals surface area (Å²) in [5.74, 6) is -0.429. The maximum Gasteiger partial charge on any atom is 0.283 e. The van der Waals surface area contributed by atoms with Crippen LogP contribution in [0.25, 0.3) is 11.3 Å². The number of nitrogens with zero attached hydrogens (tertiary/aromatic N) is 2. The molecule has 7 heteroatoms. The minimum Gasteiger partial charge on any atom is -0.369 e. The van der Waals surface area contributed by atoms with Gasteiger partial charge in [0.1, 0.15) is 0 Å². The molecule has 0 fully saturated rings. The first-order valence-electron chi connectivity index (χ1n) is 4.74. The van der Waals surface area contributed by atoms with E-state index in [1.807, 2.05) is 6.07 Å². The lowest BCUT2D eigenvalue weighted by molar-refractivity contribution is -0.793. The van der Waals surface area contributed by atoms with E-state index in [1.54, 1.807) is 24.3 Å². The molecule has 0 aliphatic heterocycles. The number of rotatable bonds is 4.